The van der Waals surface area contributed by atoms with E-state index in [1.807, 2.05) is 0 Å². The van der Waals surface area contributed by atoms with Gasteiger partial charge >= 0.3 is 6.18 Å². The van der Waals surface area contributed by atoms with E-state index in [1.54, 1.807) is 12.3 Å². The molecule has 0 saturated carbocycles. The average Bonchev–Trinajstić information content (AvgIpc) is 3.35. The number of carbonyl (C=O) groups excluding carboxylic acids is 1. The van der Waals surface area contributed by atoms with Crippen LogP contribution in [0, 0.1) is 0 Å². The van der Waals surface area contributed by atoms with Crippen LogP contribution >= 0.6 is 11.3 Å². The maximum atomic E-state index is 12.6. The Labute approximate surface area is 161 Å². The van der Waals surface area contributed by atoms with Crippen LogP contribution in [-0.4, -0.2) is 32.5 Å². The van der Waals surface area contributed by atoms with E-state index in [2.05, 4.69) is 20.3 Å². The molecule has 0 aliphatic heterocycles. The smallest absolute Gasteiger partial charge is 0.389 e. The zero-order valence-electron chi connectivity index (χ0n) is 14.3. The topological polar surface area (TPSA) is 117 Å². The molecule has 11 heteroatoms. The number of rotatable bonds is 6. The first-order valence-corrected chi connectivity index (χ1v) is 8.92. The Morgan fingerprint density at radius 2 is 2.04 bits per heavy atom. The van der Waals surface area contributed by atoms with Crippen molar-refractivity contribution < 1.29 is 23.1 Å². The third-order valence-corrected chi connectivity index (χ3v) is 4.98. The van der Waals surface area contributed by atoms with Gasteiger partial charge in [-0.25, -0.2) is 4.98 Å². The van der Waals surface area contributed by atoms with E-state index in [9.17, 15) is 18.0 Å². The van der Waals surface area contributed by atoms with E-state index in [-0.39, 0.29) is 24.5 Å². The summed E-state index contributed by atoms with van der Waals surface area (Å²) in [7, 11) is 0. The Balaban J connectivity index is 1.72. The molecule has 1 atom stereocenters. The minimum absolute atomic E-state index is 0.132. The van der Waals surface area contributed by atoms with Crippen LogP contribution in [0.1, 0.15) is 32.0 Å². The summed E-state index contributed by atoms with van der Waals surface area (Å²) in [5, 5.41) is 12.4. The quantitative estimate of drug-likeness (QED) is 0.497. The summed E-state index contributed by atoms with van der Waals surface area (Å²) < 4.78 is 37.9. The van der Waals surface area contributed by atoms with Crippen LogP contribution in [0.3, 0.4) is 0 Å². The van der Waals surface area contributed by atoms with Crippen LogP contribution in [-0.2, 0) is 12.8 Å². The lowest BCUT2D eigenvalue weighted by atomic mass is 10.2. The summed E-state index contributed by atoms with van der Waals surface area (Å²) in [6.45, 7) is -0.0666. The molecule has 28 heavy (non-hydrogen) atoms. The number of nitrogens with zero attached hydrogens (tertiary/aromatic N) is 2. The average molecular weight is 411 g/mol. The molecule has 0 fully saturated rings. The number of hydrogen-bond acceptors (Lipinski definition) is 6. The van der Waals surface area contributed by atoms with Gasteiger partial charge < -0.3 is 21.1 Å². The van der Waals surface area contributed by atoms with E-state index in [0.717, 1.165) is 12.3 Å². The van der Waals surface area contributed by atoms with Crippen LogP contribution in [0.2, 0.25) is 0 Å². The van der Waals surface area contributed by atoms with Gasteiger partial charge in [-0.2, -0.15) is 13.2 Å². The summed E-state index contributed by atoms with van der Waals surface area (Å²) in [6.07, 6.45) is -2.18. The molecule has 5 N–H and O–H groups in total. The molecular formula is C17H16F3N5O2S. The van der Waals surface area contributed by atoms with Crippen molar-refractivity contribution in [2.24, 2.45) is 5.73 Å². The van der Waals surface area contributed by atoms with Crippen molar-refractivity contribution >= 4 is 17.2 Å². The molecule has 3 aromatic heterocycles. The minimum Gasteiger partial charge on any atom is -0.389 e. The highest BCUT2D eigenvalue weighted by Crippen LogP contribution is 2.29. The van der Waals surface area contributed by atoms with E-state index in [1.165, 1.54) is 23.5 Å². The SMILES string of the molecule is NCC(NC(=O)c1ccc(-c2ccc(C(F)(F)F)cn2)[nH]1)c1cnc(CO)s1. The fourth-order valence-corrected chi connectivity index (χ4v) is 3.28. The van der Waals surface area contributed by atoms with Gasteiger partial charge in [-0.1, -0.05) is 0 Å². The molecular weight excluding hydrogens is 395 g/mol. The number of aliphatic hydroxyl groups is 1. The van der Waals surface area contributed by atoms with Gasteiger partial charge in [0.2, 0.25) is 0 Å². The molecule has 0 spiro atoms. The standard InChI is InChI=1S/C17H16F3N5O2S/c18-17(19,20)9-1-2-10(22-6-9)11-3-4-12(24-11)16(27)25-13(5-21)14-7-23-15(8-26)28-14/h1-4,6-7,13,24,26H,5,8,21H2,(H,25,27). The second-order valence-corrected chi connectivity index (χ2v) is 6.94. The van der Waals surface area contributed by atoms with Crippen molar-refractivity contribution in [2.75, 3.05) is 6.54 Å². The predicted molar refractivity (Wildman–Crippen MR) is 96.3 cm³/mol. The lowest BCUT2D eigenvalue weighted by Crippen LogP contribution is -2.33. The summed E-state index contributed by atoms with van der Waals surface area (Å²) >= 11 is 1.24. The number of amides is 1. The van der Waals surface area contributed by atoms with Crippen molar-refractivity contribution in [2.45, 2.75) is 18.8 Å². The first-order chi connectivity index (χ1) is 13.3. The number of thiazole rings is 1. The maximum absolute atomic E-state index is 12.6. The van der Waals surface area contributed by atoms with Gasteiger partial charge in [0, 0.05) is 23.8 Å². The van der Waals surface area contributed by atoms with Gasteiger partial charge in [-0.3, -0.25) is 9.78 Å². The van der Waals surface area contributed by atoms with Crippen LogP contribution in [0.25, 0.3) is 11.4 Å². The Kier molecular flexibility index (Phi) is 5.77. The number of halogens is 3. The molecule has 7 nitrogen and oxygen atoms in total. The number of pyridine rings is 1. The number of carbonyl (C=O) groups is 1. The summed E-state index contributed by atoms with van der Waals surface area (Å²) in [5.74, 6) is -0.437. The Hall–Kier alpha value is -2.76. The predicted octanol–water partition coefficient (Wildman–Crippen LogP) is 2.47. The van der Waals surface area contributed by atoms with Gasteiger partial charge in [0.25, 0.3) is 5.91 Å². The van der Waals surface area contributed by atoms with E-state index in [0.29, 0.717) is 15.6 Å². The highest BCUT2D eigenvalue weighted by molar-refractivity contribution is 7.11. The molecule has 1 amide bonds. The number of nitrogens with one attached hydrogen (secondary N) is 2. The van der Waals surface area contributed by atoms with Gasteiger partial charge in [0.1, 0.15) is 10.7 Å². The van der Waals surface area contributed by atoms with Gasteiger partial charge in [-0.15, -0.1) is 11.3 Å². The highest BCUT2D eigenvalue weighted by atomic mass is 32.1. The molecule has 0 aliphatic carbocycles. The Bertz CT molecular complexity index is 952. The number of aromatic amines is 1. The number of H-pyrrole nitrogens is 1. The zero-order chi connectivity index (χ0) is 20.3. The van der Waals surface area contributed by atoms with Crippen LogP contribution in [0.5, 0.6) is 0 Å². The maximum Gasteiger partial charge on any atom is 0.417 e. The molecule has 0 aliphatic rings. The molecule has 0 aromatic carbocycles. The number of hydrogen-bond donors (Lipinski definition) is 4. The first kappa shape index (κ1) is 20.0. The van der Waals surface area contributed by atoms with E-state index >= 15 is 0 Å². The van der Waals surface area contributed by atoms with Crippen LogP contribution < -0.4 is 11.1 Å². The number of alkyl halides is 3. The summed E-state index contributed by atoms with van der Waals surface area (Å²) in [5.41, 5.74) is 5.76. The van der Waals surface area contributed by atoms with Crippen molar-refractivity contribution in [3.8, 4) is 11.4 Å². The number of aromatic nitrogens is 3. The van der Waals surface area contributed by atoms with Crippen molar-refractivity contribution in [1.82, 2.24) is 20.3 Å². The van der Waals surface area contributed by atoms with E-state index < -0.39 is 23.7 Å². The van der Waals surface area contributed by atoms with Crippen molar-refractivity contribution in [3.05, 3.63) is 57.8 Å². The van der Waals surface area contributed by atoms with Crippen LogP contribution in [0.4, 0.5) is 13.2 Å². The molecule has 0 saturated heterocycles. The molecule has 148 valence electrons. The molecule has 3 heterocycles. The second-order valence-electron chi connectivity index (χ2n) is 5.79. The molecule has 3 rings (SSSR count). The minimum atomic E-state index is -4.46. The van der Waals surface area contributed by atoms with Gasteiger partial charge in [0.05, 0.1) is 29.6 Å². The third kappa shape index (κ3) is 4.38. The fourth-order valence-electron chi connectivity index (χ4n) is 2.44. The highest BCUT2D eigenvalue weighted by Gasteiger charge is 2.30. The van der Waals surface area contributed by atoms with Gasteiger partial charge in [-0.05, 0) is 24.3 Å². The Morgan fingerprint density at radius 1 is 1.25 bits per heavy atom. The summed E-state index contributed by atoms with van der Waals surface area (Å²) in [4.78, 5) is 23.8. The Morgan fingerprint density at radius 3 is 2.61 bits per heavy atom. The zero-order valence-corrected chi connectivity index (χ0v) is 15.1. The first-order valence-electron chi connectivity index (χ1n) is 8.11. The number of aliphatic hydroxyl groups excluding tert-OH is 1. The summed E-state index contributed by atoms with van der Waals surface area (Å²) in [6, 6.07) is 4.73. The van der Waals surface area contributed by atoms with Crippen molar-refractivity contribution in [1.29, 1.82) is 0 Å². The van der Waals surface area contributed by atoms with Crippen molar-refractivity contribution in [3.63, 3.8) is 0 Å². The largest absolute Gasteiger partial charge is 0.417 e. The molecule has 0 bridgehead atoms. The van der Waals surface area contributed by atoms with Gasteiger partial charge in [0.15, 0.2) is 0 Å². The molecule has 0 radical (unpaired) electrons. The second kappa shape index (κ2) is 8.09. The normalized spacial score (nSPS) is 12.8. The molecule has 1 unspecified atom stereocenters. The lowest BCUT2D eigenvalue weighted by Gasteiger charge is -2.14. The third-order valence-electron chi connectivity index (χ3n) is 3.89. The number of nitrogens with two attached hydrogens (primary N) is 1. The van der Waals surface area contributed by atoms with E-state index in [4.69, 9.17) is 10.8 Å². The monoisotopic (exact) mass is 411 g/mol. The molecule has 3 aromatic rings. The fraction of sp³-hybridized carbons (Fsp3) is 0.235. The van der Waals surface area contributed by atoms with Crippen LogP contribution in [0.15, 0.2) is 36.7 Å². The lowest BCUT2D eigenvalue weighted by molar-refractivity contribution is -0.137.